The summed E-state index contributed by atoms with van der Waals surface area (Å²) >= 11 is 11.0. The summed E-state index contributed by atoms with van der Waals surface area (Å²) in [7, 11) is 0. The van der Waals surface area contributed by atoms with E-state index in [1.807, 2.05) is 0 Å². The molecule has 0 aliphatic rings. The Morgan fingerprint density at radius 1 is 1.23 bits per heavy atom. The van der Waals surface area contributed by atoms with E-state index in [1.54, 1.807) is 0 Å². The number of rotatable bonds is 8. The van der Waals surface area contributed by atoms with Crippen LogP contribution >= 0.6 is 23.2 Å². The lowest BCUT2D eigenvalue weighted by Gasteiger charge is -2.02. The van der Waals surface area contributed by atoms with Crippen molar-refractivity contribution >= 4 is 23.2 Å². The van der Waals surface area contributed by atoms with Crippen molar-refractivity contribution in [3.8, 4) is 0 Å². The quantitative estimate of drug-likeness (QED) is 0.623. The molecule has 0 saturated heterocycles. The number of hydrogen-bond donors (Lipinski definition) is 2. The standard InChI is InChI=1S/C9H17Cl2NO/c10-7-9(11)8-12-5-3-1-2-4-6-13/h7,12-13H,1-6,8H2. The van der Waals surface area contributed by atoms with Gasteiger partial charge in [0.1, 0.15) is 0 Å². The molecule has 0 aromatic heterocycles. The zero-order valence-electron chi connectivity index (χ0n) is 7.73. The van der Waals surface area contributed by atoms with Gasteiger partial charge >= 0.3 is 0 Å². The summed E-state index contributed by atoms with van der Waals surface area (Å²) in [5.41, 5.74) is 1.38. The molecule has 0 aliphatic heterocycles. The van der Waals surface area contributed by atoms with Gasteiger partial charge in [-0.05, 0) is 19.4 Å². The van der Waals surface area contributed by atoms with E-state index < -0.39 is 0 Å². The van der Waals surface area contributed by atoms with Crippen LogP contribution in [0, 0.1) is 0 Å². The van der Waals surface area contributed by atoms with Crippen molar-refractivity contribution in [3.63, 3.8) is 0 Å². The van der Waals surface area contributed by atoms with Gasteiger partial charge < -0.3 is 10.4 Å². The maximum atomic E-state index is 8.52. The summed E-state index contributed by atoms with van der Waals surface area (Å²) in [6, 6.07) is 0. The van der Waals surface area contributed by atoms with Gasteiger partial charge in [0.15, 0.2) is 0 Å². The Hall–Kier alpha value is 0.240. The molecular formula is C9H17Cl2NO. The third-order valence-corrected chi connectivity index (χ3v) is 2.29. The lowest BCUT2D eigenvalue weighted by molar-refractivity contribution is 0.282. The molecule has 4 heteroatoms. The highest BCUT2D eigenvalue weighted by atomic mass is 35.5. The van der Waals surface area contributed by atoms with Gasteiger partial charge in [-0.1, -0.05) is 36.0 Å². The van der Waals surface area contributed by atoms with Gasteiger partial charge in [-0.3, -0.25) is 0 Å². The van der Waals surface area contributed by atoms with Gasteiger partial charge in [-0.25, -0.2) is 0 Å². The Morgan fingerprint density at radius 3 is 2.54 bits per heavy atom. The van der Waals surface area contributed by atoms with Crippen LogP contribution in [0.1, 0.15) is 25.7 Å². The summed E-state index contributed by atoms with van der Waals surface area (Å²) in [6.07, 6.45) is 4.27. The van der Waals surface area contributed by atoms with Gasteiger partial charge in [0.25, 0.3) is 0 Å². The van der Waals surface area contributed by atoms with Crippen LogP contribution in [-0.4, -0.2) is 24.8 Å². The highest BCUT2D eigenvalue weighted by Gasteiger charge is 1.91. The van der Waals surface area contributed by atoms with Crippen LogP contribution < -0.4 is 5.32 Å². The number of unbranched alkanes of at least 4 members (excludes halogenated alkanes) is 3. The molecule has 2 N–H and O–H groups in total. The summed E-state index contributed by atoms with van der Waals surface area (Å²) in [5.74, 6) is 0. The molecule has 0 aliphatic carbocycles. The lowest BCUT2D eigenvalue weighted by atomic mass is 10.2. The van der Waals surface area contributed by atoms with Crippen molar-refractivity contribution in [1.82, 2.24) is 5.32 Å². The van der Waals surface area contributed by atoms with E-state index in [0.29, 0.717) is 18.2 Å². The predicted molar refractivity (Wildman–Crippen MR) is 58.2 cm³/mol. The first kappa shape index (κ1) is 13.2. The Kier molecular flexibility index (Phi) is 10.5. The minimum absolute atomic E-state index is 0.300. The fourth-order valence-electron chi connectivity index (χ4n) is 0.962. The minimum Gasteiger partial charge on any atom is -0.396 e. The van der Waals surface area contributed by atoms with Crippen LogP contribution in [0.3, 0.4) is 0 Å². The maximum Gasteiger partial charge on any atom is 0.0431 e. The highest BCUT2D eigenvalue weighted by molar-refractivity contribution is 6.36. The summed E-state index contributed by atoms with van der Waals surface area (Å²) < 4.78 is 0. The molecule has 0 heterocycles. The van der Waals surface area contributed by atoms with Gasteiger partial charge in [0.2, 0.25) is 0 Å². The molecule has 0 unspecified atom stereocenters. The monoisotopic (exact) mass is 225 g/mol. The second-order valence-electron chi connectivity index (χ2n) is 2.87. The molecule has 0 fully saturated rings. The predicted octanol–water partition coefficient (Wildman–Crippen LogP) is 2.45. The number of hydrogen-bond acceptors (Lipinski definition) is 2. The van der Waals surface area contributed by atoms with Crippen LogP contribution in [0.15, 0.2) is 10.6 Å². The minimum atomic E-state index is 0.300. The van der Waals surface area contributed by atoms with E-state index in [0.717, 1.165) is 32.2 Å². The van der Waals surface area contributed by atoms with E-state index in [-0.39, 0.29) is 0 Å². The Balaban J connectivity index is 3.00. The Morgan fingerprint density at radius 2 is 1.92 bits per heavy atom. The summed E-state index contributed by atoms with van der Waals surface area (Å²) in [4.78, 5) is 0. The van der Waals surface area contributed by atoms with Crippen molar-refractivity contribution in [2.24, 2.45) is 0 Å². The first-order valence-corrected chi connectivity index (χ1v) is 5.39. The third kappa shape index (κ3) is 10.2. The highest BCUT2D eigenvalue weighted by Crippen LogP contribution is 2.01. The molecule has 2 nitrogen and oxygen atoms in total. The van der Waals surface area contributed by atoms with E-state index in [2.05, 4.69) is 5.32 Å². The fourth-order valence-corrected chi connectivity index (χ4v) is 1.13. The summed E-state index contributed by atoms with van der Waals surface area (Å²) in [5, 5.41) is 12.3. The van der Waals surface area contributed by atoms with Crippen molar-refractivity contribution < 1.29 is 5.11 Å². The first-order chi connectivity index (χ1) is 6.31. The number of aliphatic hydroxyl groups is 1. The molecule has 0 spiro atoms. The molecule has 0 radical (unpaired) electrons. The van der Waals surface area contributed by atoms with E-state index in [4.69, 9.17) is 28.3 Å². The van der Waals surface area contributed by atoms with Crippen molar-refractivity contribution in [1.29, 1.82) is 0 Å². The average Bonchev–Trinajstić information content (AvgIpc) is 2.16. The lowest BCUT2D eigenvalue weighted by Crippen LogP contribution is -2.16. The van der Waals surface area contributed by atoms with Crippen molar-refractivity contribution in [2.45, 2.75) is 25.7 Å². The number of halogens is 2. The van der Waals surface area contributed by atoms with Crippen LogP contribution in [0.4, 0.5) is 0 Å². The van der Waals surface area contributed by atoms with Crippen LogP contribution in [0.2, 0.25) is 0 Å². The molecule has 0 aromatic carbocycles. The molecule has 0 saturated carbocycles. The second kappa shape index (κ2) is 10.3. The Bertz CT molecular complexity index is 140. The van der Waals surface area contributed by atoms with Gasteiger partial charge in [0.05, 0.1) is 0 Å². The maximum absolute atomic E-state index is 8.52. The third-order valence-electron chi connectivity index (χ3n) is 1.67. The first-order valence-electron chi connectivity index (χ1n) is 4.57. The van der Waals surface area contributed by atoms with Crippen molar-refractivity contribution in [3.05, 3.63) is 10.6 Å². The number of aliphatic hydroxyl groups excluding tert-OH is 1. The van der Waals surface area contributed by atoms with Crippen LogP contribution in [-0.2, 0) is 0 Å². The fraction of sp³-hybridized carbons (Fsp3) is 0.778. The normalized spacial score (nSPS) is 12.1. The molecule has 78 valence electrons. The molecule has 0 bridgehead atoms. The van der Waals surface area contributed by atoms with E-state index in [9.17, 15) is 0 Å². The van der Waals surface area contributed by atoms with Gasteiger partial charge in [-0.15, -0.1) is 0 Å². The topological polar surface area (TPSA) is 32.3 Å². The molecular weight excluding hydrogens is 209 g/mol. The molecule has 0 aromatic rings. The SMILES string of the molecule is OCCCCCCNCC(Cl)=CCl. The largest absolute Gasteiger partial charge is 0.396 e. The van der Waals surface area contributed by atoms with Crippen molar-refractivity contribution in [2.75, 3.05) is 19.7 Å². The second-order valence-corrected chi connectivity index (χ2v) is 3.57. The molecule has 13 heavy (non-hydrogen) atoms. The van der Waals surface area contributed by atoms with E-state index in [1.165, 1.54) is 5.54 Å². The number of nitrogens with one attached hydrogen (secondary N) is 1. The van der Waals surface area contributed by atoms with Gasteiger partial charge in [-0.2, -0.15) is 0 Å². The zero-order valence-corrected chi connectivity index (χ0v) is 9.24. The molecule has 0 atom stereocenters. The van der Waals surface area contributed by atoms with E-state index >= 15 is 0 Å². The van der Waals surface area contributed by atoms with Crippen LogP contribution in [0.5, 0.6) is 0 Å². The smallest absolute Gasteiger partial charge is 0.0431 e. The molecule has 0 amide bonds. The van der Waals surface area contributed by atoms with Gasteiger partial charge in [0, 0.05) is 23.7 Å². The zero-order chi connectivity index (χ0) is 9.94. The molecule has 0 rings (SSSR count). The Labute approximate surface area is 89.9 Å². The van der Waals surface area contributed by atoms with Crippen LogP contribution in [0.25, 0.3) is 0 Å². The average molecular weight is 226 g/mol. The summed E-state index contributed by atoms with van der Waals surface area (Å²) in [6.45, 7) is 1.89.